The summed E-state index contributed by atoms with van der Waals surface area (Å²) in [5.74, 6) is -2.81. The Hall–Kier alpha value is -3.14. The zero-order chi connectivity index (χ0) is 26.6. The first kappa shape index (κ1) is 27.4. The smallest absolute Gasteiger partial charge is 0.303 e. The summed E-state index contributed by atoms with van der Waals surface area (Å²) in [5, 5.41) is 11.4. The number of hydrogen-bond acceptors (Lipinski definition) is 4. The molecule has 10 heteroatoms. The molecule has 0 bridgehead atoms. The first-order valence-corrected chi connectivity index (χ1v) is 14.5. The number of carboxylic acids is 1. The van der Waals surface area contributed by atoms with E-state index < -0.39 is 39.6 Å². The third kappa shape index (κ3) is 6.34. The molecule has 2 aromatic rings. The molecular formula is C26H32F2N2O5S. The van der Waals surface area contributed by atoms with Crippen LogP contribution in [0.5, 0.6) is 5.75 Å². The first-order chi connectivity index (χ1) is 16.9. The Morgan fingerprint density at radius 2 is 1.83 bits per heavy atom. The second kappa shape index (κ2) is 11.3. The Morgan fingerprint density at radius 1 is 1.11 bits per heavy atom. The second-order valence-electron chi connectivity index (χ2n) is 9.37. The molecule has 3 rings (SSSR count). The lowest BCUT2D eigenvalue weighted by Crippen LogP contribution is -2.45. The van der Waals surface area contributed by atoms with Gasteiger partial charge in [0.2, 0.25) is 5.91 Å². The van der Waals surface area contributed by atoms with Crippen molar-refractivity contribution < 1.29 is 33.0 Å². The third-order valence-corrected chi connectivity index (χ3v) is 7.58. The number of carboxylic acid groups (broad SMARTS) is 1. The number of benzene rings is 2. The van der Waals surface area contributed by atoms with Crippen molar-refractivity contribution in [2.75, 3.05) is 37.2 Å². The van der Waals surface area contributed by atoms with E-state index in [1.54, 1.807) is 12.1 Å². The van der Waals surface area contributed by atoms with E-state index in [4.69, 9.17) is 9.84 Å². The Morgan fingerprint density at radius 3 is 2.47 bits per heavy atom. The summed E-state index contributed by atoms with van der Waals surface area (Å²) >= 11 is 0. The minimum Gasteiger partial charge on any atom is -0.494 e. The van der Waals surface area contributed by atoms with Gasteiger partial charge in [-0.05, 0) is 67.9 Å². The van der Waals surface area contributed by atoms with Gasteiger partial charge in [0.25, 0.3) is 5.91 Å². The van der Waals surface area contributed by atoms with Crippen LogP contribution in [0.3, 0.4) is 0 Å². The monoisotopic (exact) mass is 522 g/mol. The molecule has 1 aliphatic heterocycles. The average Bonchev–Trinajstić information content (AvgIpc) is 2.79. The number of halogens is 2. The molecular weight excluding hydrogens is 490 g/mol. The molecule has 0 radical (unpaired) electrons. The second-order valence-corrected chi connectivity index (χ2v) is 13.5. The lowest BCUT2D eigenvalue weighted by molar-refractivity contribution is -0.140. The van der Waals surface area contributed by atoms with Gasteiger partial charge in [-0.2, -0.15) is 0 Å². The maximum absolute atomic E-state index is 14.9. The highest BCUT2D eigenvalue weighted by Crippen LogP contribution is 2.47. The summed E-state index contributed by atoms with van der Waals surface area (Å²) < 4.78 is 35.2. The van der Waals surface area contributed by atoms with Gasteiger partial charge in [0.15, 0.2) is 0 Å². The third-order valence-electron chi connectivity index (χ3n) is 5.94. The van der Waals surface area contributed by atoms with Gasteiger partial charge in [0, 0.05) is 30.3 Å². The van der Waals surface area contributed by atoms with Crippen LogP contribution in [-0.2, 0) is 20.8 Å². The molecule has 2 N–H and O–H groups in total. The summed E-state index contributed by atoms with van der Waals surface area (Å²) in [6, 6.07) is 6.20. The van der Waals surface area contributed by atoms with Crippen molar-refractivity contribution in [3.05, 3.63) is 53.1 Å². The fourth-order valence-corrected chi connectivity index (χ4v) is 5.34. The van der Waals surface area contributed by atoms with E-state index in [9.17, 15) is 23.2 Å². The van der Waals surface area contributed by atoms with Crippen molar-refractivity contribution in [1.29, 1.82) is 0 Å². The van der Waals surface area contributed by atoms with E-state index in [0.717, 1.165) is 17.7 Å². The van der Waals surface area contributed by atoms with E-state index in [1.807, 2.05) is 31.8 Å². The van der Waals surface area contributed by atoms with Crippen molar-refractivity contribution in [3.63, 3.8) is 0 Å². The SMILES string of the molecule is CCOc1ccc2c(c1)CCN(C(=O)CCCC(=O)O)[C@H]2C(=O)Nc1cc(F)c(S(C)(C)C)cc1F. The normalized spacial score (nSPS) is 15.7. The number of nitrogens with one attached hydrogen (secondary N) is 1. The van der Waals surface area contributed by atoms with Crippen LogP contribution >= 0.6 is 10.0 Å². The Kier molecular flexibility index (Phi) is 8.60. The number of hydrogen-bond donors (Lipinski definition) is 2. The van der Waals surface area contributed by atoms with Crippen LogP contribution in [0.15, 0.2) is 35.2 Å². The van der Waals surface area contributed by atoms with Crippen LogP contribution in [0.2, 0.25) is 0 Å². The van der Waals surface area contributed by atoms with E-state index in [2.05, 4.69) is 5.32 Å². The topological polar surface area (TPSA) is 95.9 Å². The molecule has 0 aliphatic carbocycles. The van der Waals surface area contributed by atoms with E-state index in [-0.39, 0.29) is 42.3 Å². The van der Waals surface area contributed by atoms with Gasteiger partial charge in [-0.25, -0.2) is 18.8 Å². The number of amides is 2. The highest BCUT2D eigenvalue weighted by Gasteiger charge is 2.36. The molecule has 196 valence electrons. The molecule has 0 aromatic heterocycles. The molecule has 0 saturated carbocycles. The number of carbonyl (C=O) groups is 3. The molecule has 1 atom stereocenters. The molecule has 0 spiro atoms. The van der Waals surface area contributed by atoms with Crippen molar-refractivity contribution in [3.8, 4) is 5.75 Å². The molecule has 36 heavy (non-hydrogen) atoms. The standard InChI is InChI=1S/C26H32F2N2O5S/c1-5-35-17-9-10-18-16(13-17)11-12-30(23(31)7-6-8-24(32)33)25(18)26(34)29-21-14-20(28)22(15-19(21)27)36(2,3)4/h9-10,13-15,25H,5-8,11-12H2,1-4H3,(H,29,34)(H,32,33)/t25-/m1/s1. The largest absolute Gasteiger partial charge is 0.494 e. The van der Waals surface area contributed by atoms with Gasteiger partial charge < -0.3 is 20.1 Å². The molecule has 1 aliphatic rings. The fourth-order valence-electron chi connectivity index (χ4n) is 4.24. The Labute approximate surface area is 211 Å². The predicted molar refractivity (Wildman–Crippen MR) is 136 cm³/mol. The summed E-state index contributed by atoms with van der Waals surface area (Å²) in [6.45, 7) is 2.54. The van der Waals surface area contributed by atoms with Crippen LogP contribution < -0.4 is 10.1 Å². The summed E-state index contributed by atoms with van der Waals surface area (Å²) in [7, 11) is -1.54. The van der Waals surface area contributed by atoms with Gasteiger partial charge in [0.05, 0.1) is 12.3 Å². The molecule has 2 aromatic carbocycles. The molecule has 2 amide bonds. The highest BCUT2D eigenvalue weighted by molar-refractivity contribution is 8.32. The predicted octanol–water partition coefficient (Wildman–Crippen LogP) is 4.74. The molecule has 1 heterocycles. The Bertz CT molecular complexity index is 1170. The zero-order valence-corrected chi connectivity index (χ0v) is 21.7. The summed E-state index contributed by atoms with van der Waals surface area (Å²) in [4.78, 5) is 39.0. The number of ether oxygens (including phenoxy) is 1. The van der Waals surface area contributed by atoms with Crippen LogP contribution in [0, 0.1) is 11.6 Å². The lowest BCUT2D eigenvalue weighted by Gasteiger charge is -2.36. The van der Waals surface area contributed by atoms with E-state index in [1.165, 1.54) is 4.90 Å². The van der Waals surface area contributed by atoms with Gasteiger partial charge in [-0.15, -0.1) is 0 Å². The fraction of sp³-hybridized carbons (Fsp3) is 0.423. The van der Waals surface area contributed by atoms with Crippen LogP contribution in [-0.4, -0.2) is 59.7 Å². The number of aliphatic carboxylic acids is 1. The molecule has 0 saturated heterocycles. The van der Waals surface area contributed by atoms with E-state index >= 15 is 0 Å². The number of carbonyl (C=O) groups excluding carboxylic acids is 2. The van der Waals surface area contributed by atoms with E-state index in [0.29, 0.717) is 24.3 Å². The minimum atomic E-state index is -1.54. The quantitative estimate of drug-likeness (QED) is 0.496. The van der Waals surface area contributed by atoms with Crippen molar-refractivity contribution in [2.45, 2.75) is 43.5 Å². The Balaban J connectivity index is 1.94. The summed E-state index contributed by atoms with van der Waals surface area (Å²) in [6.07, 6.45) is 5.90. The first-order valence-electron chi connectivity index (χ1n) is 11.7. The molecule has 7 nitrogen and oxygen atoms in total. The highest BCUT2D eigenvalue weighted by atomic mass is 32.3. The number of anilines is 1. The van der Waals surface area contributed by atoms with Crippen molar-refractivity contribution >= 4 is 33.5 Å². The van der Waals surface area contributed by atoms with Gasteiger partial charge in [-0.1, -0.05) is 6.07 Å². The zero-order valence-electron chi connectivity index (χ0n) is 20.9. The van der Waals surface area contributed by atoms with Crippen molar-refractivity contribution in [2.24, 2.45) is 0 Å². The van der Waals surface area contributed by atoms with Gasteiger partial charge >= 0.3 is 5.97 Å². The average molecular weight is 523 g/mol. The molecule has 0 unspecified atom stereocenters. The van der Waals surface area contributed by atoms with Crippen LogP contribution in [0.4, 0.5) is 14.5 Å². The maximum Gasteiger partial charge on any atom is 0.303 e. The van der Waals surface area contributed by atoms with Gasteiger partial charge in [-0.3, -0.25) is 14.4 Å². The number of rotatable bonds is 9. The van der Waals surface area contributed by atoms with Gasteiger partial charge in [0.1, 0.15) is 23.4 Å². The summed E-state index contributed by atoms with van der Waals surface area (Å²) in [5.41, 5.74) is 1.07. The van der Waals surface area contributed by atoms with Crippen LogP contribution in [0.1, 0.15) is 43.4 Å². The minimum absolute atomic E-state index is 0.0471. The lowest BCUT2D eigenvalue weighted by atomic mass is 9.91. The van der Waals surface area contributed by atoms with Crippen LogP contribution in [0.25, 0.3) is 0 Å². The number of nitrogens with zero attached hydrogens (tertiary/aromatic N) is 1. The number of fused-ring (bicyclic) bond motifs is 1. The maximum atomic E-state index is 14.9. The van der Waals surface area contributed by atoms with Crippen molar-refractivity contribution in [1.82, 2.24) is 4.90 Å². The molecule has 0 fully saturated rings.